The largest absolute Gasteiger partial charge is 0.302 e. The molecule has 2 aliphatic rings. The fourth-order valence-electron chi connectivity index (χ4n) is 3.15. The van der Waals surface area contributed by atoms with Crippen LogP contribution in [0.5, 0.6) is 0 Å². The van der Waals surface area contributed by atoms with Gasteiger partial charge in [-0.15, -0.1) is 11.8 Å². The average Bonchev–Trinajstić information content (AvgIpc) is 2.95. The van der Waals surface area contributed by atoms with Crippen LogP contribution in [0.3, 0.4) is 0 Å². The Morgan fingerprint density at radius 2 is 2.33 bits per heavy atom. The Kier molecular flexibility index (Phi) is 4.21. The minimum Gasteiger partial charge on any atom is -0.302 e. The molecule has 2 bridgehead atoms. The highest BCUT2D eigenvalue weighted by atomic mass is 32.2. The summed E-state index contributed by atoms with van der Waals surface area (Å²) in [5, 5.41) is 1.23. The van der Waals surface area contributed by atoms with E-state index in [9.17, 15) is 0 Å². The first-order chi connectivity index (χ1) is 8.88. The maximum Gasteiger partial charge on any atom is 0.134 e. The molecule has 0 aliphatic carbocycles. The number of piperidine rings is 1. The van der Waals surface area contributed by atoms with Crippen LogP contribution in [0.15, 0.2) is 5.03 Å². The van der Waals surface area contributed by atoms with Gasteiger partial charge in [0.15, 0.2) is 0 Å². The van der Waals surface area contributed by atoms with Crippen molar-refractivity contribution < 1.29 is 0 Å². The summed E-state index contributed by atoms with van der Waals surface area (Å²) >= 11 is 3.32. The van der Waals surface area contributed by atoms with Crippen LogP contribution < -0.4 is 0 Å². The van der Waals surface area contributed by atoms with E-state index in [-0.39, 0.29) is 0 Å². The van der Waals surface area contributed by atoms with Crippen LogP contribution in [0.1, 0.15) is 44.2 Å². The number of nitrogens with zero attached hydrogens (tertiary/aromatic N) is 3. The van der Waals surface area contributed by atoms with Gasteiger partial charge in [0, 0.05) is 19.0 Å². The summed E-state index contributed by atoms with van der Waals surface area (Å²) in [5.41, 5.74) is 1.32. The minimum atomic E-state index is 0.662. The van der Waals surface area contributed by atoms with Gasteiger partial charge in [-0.3, -0.25) is 0 Å². The molecule has 0 amide bonds. The second-order valence-corrected chi connectivity index (χ2v) is 7.04. The summed E-state index contributed by atoms with van der Waals surface area (Å²) in [6.45, 7) is 6.05. The molecule has 1 aromatic rings. The topological polar surface area (TPSA) is 29.0 Å². The molecule has 2 aliphatic heterocycles. The smallest absolute Gasteiger partial charge is 0.134 e. The highest BCUT2D eigenvalue weighted by Crippen LogP contribution is 2.41. The van der Waals surface area contributed by atoms with Crippen LogP contribution in [0.2, 0.25) is 0 Å². The first-order valence-corrected chi connectivity index (χ1v) is 8.77. The maximum absolute atomic E-state index is 4.62. The molecular formula is C13H21N3S2. The summed E-state index contributed by atoms with van der Waals surface area (Å²) in [6.07, 6.45) is 5.30. The van der Waals surface area contributed by atoms with Gasteiger partial charge >= 0.3 is 0 Å². The number of rotatable bonds is 5. The normalized spacial score (nSPS) is 30.8. The van der Waals surface area contributed by atoms with Crippen LogP contribution in [0.4, 0.5) is 0 Å². The zero-order valence-electron chi connectivity index (χ0n) is 11.0. The summed E-state index contributed by atoms with van der Waals surface area (Å²) in [7, 11) is 0. The van der Waals surface area contributed by atoms with Crippen molar-refractivity contribution in [1.29, 1.82) is 0 Å². The van der Waals surface area contributed by atoms with Gasteiger partial charge in [0.25, 0.3) is 0 Å². The van der Waals surface area contributed by atoms with E-state index in [1.54, 1.807) is 0 Å². The van der Waals surface area contributed by atoms with Gasteiger partial charge in [-0.1, -0.05) is 13.3 Å². The lowest BCUT2D eigenvalue weighted by molar-refractivity contribution is 0.269. The highest BCUT2D eigenvalue weighted by molar-refractivity contribution is 7.99. The van der Waals surface area contributed by atoms with Crippen molar-refractivity contribution in [3.63, 3.8) is 0 Å². The Balaban J connectivity index is 1.70. The van der Waals surface area contributed by atoms with Gasteiger partial charge in [0.2, 0.25) is 0 Å². The Hall–Kier alpha value is -0.130. The van der Waals surface area contributed by atoms with Crippen LogP contribution in [0.25, 0.3) is 0 Å². The first kappa shape index (κ1) is 12.9. The third kappa shape index (κ3) is 2.58. The van der Waals surface area contributed by atoms with Gasteiger partial charge in [0.05, 0.1) is 17.4 Å². The lowest BCUT2D eigenvalue weighted by atomic mass is 9.89. The third-order valence-corrected chi connectivity index (χ3v) is 5.86. The van der Waals surface area contributed by atoms with E-state index >= 15 is 0 Å². The second-order valence-electron chi connectivity index (χ2n) is 5.43. The van der Waals surface area contributed by atoms with Crippen molar-refractivity contribution in [2.24, 2.45) is 5.92 Å². The van der Waals surface area contributed by atoms with E-state index in [1.165, 1.54) is 73.5 Å². The Labute approximate surface area is 118 Å². The molecule has 2 saturated heterocycles. The number of unbranched alkanes of at least 4 members (excludes halogenated alkanes) is 1. The van der Waals surface area contributed by atoms with Gasteiger partial charge < -0.3 is 4.90 Å². The molecule has 3 atom stereocenters. The van der Waals surface area contributed by atoms with Crippen LogP contribution in [-0.4, -0.2) is 39.0 Å². The molecule has 0 spiro atoms. The number of hydrogen-bond acceptors (Lipinski definition) is 5. The molecule has 2 fully saturated rings. The van der Waals surface area contributed by atoms with Crippen molar-refractivity contribution >= 4 is 23.5 Å². The molecule has 100 valence electrons. The lowest BCUT2D eigenvalue weighted by Crippen LogP contribution is -2.25. The zero-order chi connectivity index (χ0) is 12.4. The Morgan fingerprint density at radius 3 is 3.17 bits per heavy atom. The molecule has 18 heavy (non-hydrogen) atoms. The Bertz CT molecular complexity index is 393. The highest BCUT2D eigenvalue weighted by Gasteiger charge is 2.38. The molecular weight excluding hydrogens is 262 g/mol. The third-order valence-electron chi connectivity index (χ3n) is 4.14. The van der Waals surface area contributed by atoms with Crippen molar-refractivity contribution in [3.05, 3.63) is 5.69 Å². The van der Waals surface area contributed by atoms with E-state index in [0.29, 0.717) is 5.92 Å². The SMILES string of the molecule is CCCCSc1nsnc1[C@H]1CN2CCC[C@@H]1C2. The summed E-state index contributed by atoms with van der Waals surface area (Å²) in [4.78, 5) is 2.61. The van der Waals surface area contributed by atoms with Crippen molar-refractivity contribution in [2.75, 3.05) is 25.4 Å². The van der Waals surface area contributed by atoms with E-state index in [4.69, 9.17) is 0 Å². The van der Waals surface area contributed by atoms with Gasteiger partial charge in [-0.25, -0.2) is 0 Å². The standard InChI is InChI=1S/C13H21N3S2/c1-2-3-7-17-13-12(14-18-15-13)11-9-16-6-4-5-10(11)8-16/h10-11H,2-9H2,1H3/t10-,11+/m1/s1. The minimum absolute atomic E-state index is 0.662. The molecule has 0 aromatic carbocycles. The van der Waals surface area contributed by atoms with Crippen LogP contribution in [-0.2, 0) is 0 Å². The number of fused-ring (bicyclic) bond motifs is 2. The van der Waals surface area contributed by atoms with Gasteiger partial charge in [0.1, 0.15) is 5.03 Å². The molecule has 1 unspecified atom stereocenters. The summed E-state index contributed by atoms with van der Waals surface area (Å²) < 4.78 is 9.14. The Morgan fingerprint density at radius 1 is 1.39 bits per heavy atom. The lowest BCUT2D eigenvalue weighted by Gasteiger charge is -2.21. The fraction of sp³-hybridized carbons (Fsp3) is 0.846. The number of aromatic nitrogens is 2. The monoisotopic (exact) mass is 283 g/mol. The molecule has 0 N–H and O–H groups in total. The predicted molar refractivity (Wildman–Crippen MR) is 77.4 cm³/mol. The van der Waals surface area contributed by atoms with E-state index < -0.39 is 0 Å². The predicted octanol–water partition coefficient (Wildman–Crippen LogP) is 3.24. The van der Waals surface area contributed by atoms with E-state index in [0.717, 1.165) is 5.92 Å². The molecule has 3 rings (SSSR count). The van der Waals surface area contributed by atoms with Crippen LogP contribution >= 0.6 is 23.5 Å². The van der Waals surface area contributed by atoms with Crippen LogP contribution in [0, 0.1) is 5.92 Å². The van der Waals surface area contributed by atoms with Gasteiger partial charge in [-0.2, -0.15) is 8.75 Å². The molecule has 0 radical (unpaired) electrons. The summed E-state index contributed by atoms with van der Waals surface area (Å²) in [6, 6.07) is 0. The molecule has 3 nitrogen and oxygen atoms in total. The first-order valence-electron chi connectivity index (χ1n) is 7.06. The molecule has 3 heterocycles. The number of hydrogen-bond donors (Lipinski definition) is 0. The van der Waals surface area contributed by atoms with Crippen molar-refractivity contribution in [3.8, 4) is 0 Å². The average molecular weight is 283 g/mol. The van der Waals surface area contributed by atoms with Crippen molar-refractivity contribution in [2.45, 2.75) is 43.6 Å². The maximum atomic E-state index is 4.62. The molecule has 5 heteroatoms. The second kappa shape index (κ2) is 5.88. The van der Waals surface area contributed by atoms with Crippen molar-refractivity contribution in [1.82, 2.24) is 13.6 Å². The van der Waals surface area contributed by atoms with Gasteiger partial charge in [-0.05, 0) is 37.5 Å². The van der Waals surface area contributed by atoms with E-state index in [2.05, 4.69) is 20.6 Å². The fourth-order valence-corrected chi connectivity index (χ4v) is 5.01. The quantitative estimate of drug-likeness (QED) is 0.613. The molecule has 0 saturated carbocycles. The number of thioether (sulfide) groups is 1. The van der Waals surface area contributed by atoms with E-state index in [1.807, 2.05) is 11.8 Å². The zero-order valence-corrected chi connectivity index (χ0v) is 12.6. The molecule has 1 aromatic heterocycles. The summed E-state index contributed by atoms with van der Waals surface area (Å²) in [5.74, 6) is 2.69.